The summed E-state index contributed by atoms with van der Waals surface area (Å²) in [7, 11) is 1.70. The van der Waals surface area contributed by atoms with Gasteiger partial charge in [0.2, 0.25) is 0 Å². The van der Waals surface area contributed by atoms with E-state index in [2.05, 4.69) is 45.0 Å². The minimum absolute atomic E-state index is 0.598. The summed E-state index contributed by atoms with van der Waals surface area (Å²) < 4.78 is 11.3. The molecule has 0 heterocycles. The minimum atomic E-state index is 0.598. The van der Waals surface area contributed by atoms with Crippen LogP contribution in [0.15, 0.2) is 36.4 Å². The third kappa shape index (κ3) is 4.03. The van der Waals surface area contributed by atoms with Crippen LogP contribution in [0.2, 0.25) is 0 Å². The van der Waals surface area contributed by atoms with E-state index in [0.29, 0.717) is 6.61 Å². The highest BCUT2D eigenvalue weighted by Crippen LogP contribution is 2.29. The van der Waals surface area contributed by atoms with E-state index in [-0.39, 0.29) is 0 Å². The summed E-state index contributed by atoms with van der Waals surface area (Å²) in [6.45, 7) is 6.95. The molecule has 2 heteroatoms. The molecule has 2 aromatic carbocycles. The largest absolute Gasteiger partial charge is 0.496 e. The highest BCUT2D eigenvalue weighted by Gasteiger charge is 2.07. The Morgan fingerprint density at radius 3 is 2.05 bits per heavy atom. The number of benzene rings is 2. The van der Waals surface area contributed by atoms with Crippen LogP contribution < -0.4 is 9.47 Å². The predicted octanol–water partition coefficient (Wildman–Crippen LogP) is 5.23. The van der Waals surface area contributed by atoms with Gasteiger partial charge in [-0.2, -0.15) is 0 Å². The summed E-state index contributed by atoms with van der Waals surface area (Å²) in [4.78, 5) is 0. The van der Waals surface area contributed by atoms with Crippen LogP contribution in [0.4, 0.5) is 0 Å². The summed E-state index contributed by atoms with van der Waals surface area (Å²) in [6, 6.07) is 12.7. The van der Waals surface area contributed by atoms with Crippen molar-refractivity contribution < 1.29 is 9.47 Å². The van der Waals surface area contributed by atoms with Crippen molar-refractivity contribution in [1.82, 2.24) is 0 Å². The highest BCUT2D eigenvalue weighted by atomic mass is 16.5. The van der Waals surface area contributed by atoms with Gasteiger partial charge in [0, 0.05) is 0 Å². The van der Waals surface area contributed by atoms with Crippen molar-refractivity contribution in [3.8, 4) is 11.5 Å². The molecule has 0 fully saturated rings. The van der Waals surface area contributed by atoms with Crippen LogP contribution in [0.5, 0.6) is 11.5 Å². The maximum absolute atomic E-state index is 5.97. The van der Waals surface area contributed by atoms with Gasteiger partial charge in [0.1, 0.15) is 18.1 Å². The predicted molar refractivity (Wildman–Crippen MR) is 91.9 cm³/mol. The first-order chi connectivity index (χ1) is 10.7. The molecule has 118 valence electrons. The second-order valence-corrected chi connectivity index (χ2v) is 5.72. The zero-order valence-corrected chi connectivity index (χ0v) is 14.1. The second-order valence-electron chi connectivity index (χ2n) is 5.72. The first kappa shape index (κ1) is 16.4. The average Bonchev–Trinajstić information content (AvgIpc) is 2.55. The molecule has 0 aliphatic heterocycles. The van der Waals surface area contributed by atoms with Gasteiger partial charge in [-0.15, -0.1) is 0 Å². The van der Waals surface area contributed by atoms with Crippen molar-refractivity contribution in [1.29, 1.82) is 0 Å². The number of rotatable bonds is 7. The van der Waals surface area contributed by atoms with E-state index < -0.39 is 0 Å². The average molecular weight is 298 g/mol. The van der Waals surface area contributed by atoms with Gasteiger partial charge in [-0.25, -0.2) is 0 Å². The van der Waals surface area contributed by atoms with Crippen molar-refractivity contribution in [2.75, 3.05) is 7.11 Å². The first-order valence-electron chi connectivity index (χ1n) is 8.00. The van der Waals surface area contributed by atoms with Crippen molar-refractivity contribution in [2.45, 2.75) is 46.6 Å². The van der Waals surface area contributed by atoms with E-state index in [4.69, 9.17) is 9.47 Å². The van der Waals surface area contributed by atoms with E-state index in [0.717, 1.165) is 29.0 Å². The van der Waals surface area contributed by atoms with Crippen molar-refractivity contribution >= 4 is 0 Å². The van der Waals surface area contributed by atoms with Gasteiger partial charge in [0.05, 0.1) is 7.11 Å². The molecule has 2 aromatic rings. The van der Waals surface area contributed by atoms with Crippen LogP contribution in [0.1, 0.15) is 42.0 Å². The summed E-state index contributed by atoms with van der Waals surface area (Å²) in [5, 5.41) is 0. The summed E-state index contributed by atoms with van der Waals surface area (Å²) in [6.07, 6.45) is 3.65. The highest BCUT2D eigenvalue weighted by molar-refractivity contribution is 5.47. The fraction of sp³-hybridized carbons (Fsp3) is 0.400. The molecule has 0 spiro atoms. The Hall–Kier alpha value is -1.96. The number of ether oxygens (including phenoxy) is 2. The van der Waals surface area contributed by atoms with Crippen LogP contribution in [0, 0.1) is 13.8 Å². The van der Waals surface area contributed by atoms with Gasteiger partial charge >= 0.3 is 0 Å². The maximum Gasteiger partial charge on any atom is 0.123 e. The van der Waals surface area contributed by atoms with E-state index >= 15 is 0 Å². The van der Waals surface area contributed by atoms with Crippen molar-refractivity contribution in [3.05, 3.63) is 58.7 Å². The Bertz CT molecular complexity index is 600. The summed E-state index contributed by atoms with van der Waals surface area (Å²) >= 11 is 0. The van der Waals surface area contributed by atoms with Gasteiger partial charge in [-0.1, -0.05) is 37.6 Å². The van der Waals surface area contributed by atoms with Gasteiger partial charge in [-0.3, -0.25) is 0 Å². The minimum Gasteiger partial charge on any atom is -0.496 e. The number of aryl methyl sites for hydroxylation is 1. The molecular weight excluding hydrogens is 272 g/mol. The quantitative estimate of drug-likeness (QED) is 0.696. The lowest BCUT2D eigenvalue weighted by molar-refractivity contribution is 0.303. The molecule has 0 amide bonds. The molecule has 0 atom stereocenters. The Balaban J connectivity index is 1.99. The van der Waals surface area contributed by atoms with E-state index in [1.165, 1.54) is 24.0 Å². The van der Waals surface area contributed by atoms with Gasteiger partial charge in [0.25, 0.3) is 0 Å². The third-order valence-electron chi connectivity index (χ3n) is 4.14. The van der Waals surface area contributed by atoms with E-state index in [9.17, 15) is 0 Å². The molecule has 22 heavy (non-hydrogen) atoms. The monoisotopic (exact) mass is 298 g/mol. The van der Waals surface area contributed by atoms with Gasteiger partial charge < -0.3 is 9.47 Å². The molecule has 2 nitrogen and oxygen atoms in total. The van der Waals surface area contributed by atoms with Crippen molar-refractivity contribution in [3.63, 3.8) is 0 Å². The molecular formula is C20H26O2. The summed E-state index contributed by atoms with van der Waals surface area (Å²) in [5.41, 5.74) is 4.88. The molecule has 0 saturated heterocycles. The van der Waals surface area contributed by atoms with Gasteiger partial charge in [0.15, 0.2) is 0 Å². The lowest BCUT2D eigenvalue weighted by Gasteiger charge is -2.14. The zero-order chi connectivity index (χ0) is 15.9. The molecule has 0 saturated carbocycles. The lowest BCUT2D eigenvalue weighted by Crippen LogP contribution is -1.99. The standard InChI is InChI=1S/C20H26O2/c1-5-6-7-17-8-10-18(11-9-17)14-22-20-13-12-19(21-4)15(2)16(20)3/h8-13H,5-7,14H2,1-4H3. The Labute approximate surface area is 134 Å². The molecule has 2 rings (SSSR count). The van der Waals surface area contributed by atoms with Crippen LogP contribution >= 0.6 is 0 Å². The number of hydrogen-bond acceptors (Lipinski definition) is 2. The van der Waals surface area contributed by atoms with E-state index in [1.54, 1.807) is 7.11 Å². The fourth-order valence-corrected chi connectivity index (χ4v) is 2.49. The Morgan fingerprint density at radius 2 is 1.41 bits per heavy atom. The fourth-order valence-electron chi connectivity index (χ4n) is 2.49. The summed E-state index contributed by atoms with van der Waals surface area (Å²) in [5.74, 6) is 1.83. The SMILES string of the molecule is CCCCc1ccc(COc2ccc(OC)c(C)c2C)cc1. The first-order valence-corrected chi connectivity index (χ1v) is 8.00. The molecule has 0 radical (unpaired) electrons. The van der Waals surface area contributed by atoms with E-state index in [1.807, 2.05) is 12.1 Å². The molecule has 0 N–H and O–H groups in total. The van der Waals surface area contributed by atoms with Crippen LogP contribution in [0.25, 0.3) is 0 Å². The maximum atomic E-state index is 5.97. The Morgan fingerprint density at radius 1 is 0.818 bits per heavy atom. The molecule has 0 aliphatic carbocycles. The normalized spacial score (nSPS) is 10.5. The third-order valence-corrected chi connectivity index (χ3v) is 4.14. The molecule has 0 unspecified atom stereocenters. The van der Waals surface area contributed by atoms with Crippen LogP contribution in [-0.2, 0) is 13.0 Å². The molecule has 0 aromatic heterocycles. The van der Waals surface area contributed by atoms with Crippen LogP contribution in [0.3, 0.4) is 0 Å². The smallest absolute Gasteiger partial charge is 0.123 e. The Kier molecular flexibility index (Phi) is 5.88. The second kappa shape index (κ2) is 7.88. The molecule has 0 bridgehead atoms. The topological polar surface area (TPSA) is 18.5 Å². The lowest BCUT2D eigenvalue weighted by atomic mass is 10.1. The zero-order valence-electron chi connectivity index (χ0n) is 14.1. The van der Waals surface area contributed by atoms with Gasteiger partial charge in [-0.05, 0) is 61.1 Å². The van der Waals surface area contributed by atoms with Crippen molar-refractivity contribution in [2.24, 2.45) is 0 Å². The number of unbranched alkanes of at least 4 members (excludes halogenated alkanes) is 1. The number of hydrogen-bond donors (Lipinski definition) is 0. The van der Waals surface area contributed by atoms with Crippen LogP contribution in [-0.4, -0.2) is 7.11 Å². The number of methoxy groups -OCH3 is 1. The molecule has 0 aliphatic rings.